The van der Waals surface area contributed by atoms with Gasteiger partial charge < -0.3 is 4.98 Å². The number of carbonyl (C=O) groups is 1. The Morgan fingerprint density at radius 3 is 2.63 bits per heavy atom. The van der Waals surface area contributed by atoms with Crippen molar-refractivity contribution in [3.05, 3.63) is 70.1 Å². The summed E-state index contributed by atoms with van der Waals surface area (Å²) >= 11 is 3.34. The summed E-state index contributed by atoms with van der Waals surface area (Å²) in [6.07, 6.45) is 1.55. The number of hydrogen-bond acceptors (Lipinski definition) is 1. The van der Waals surface area contributed by atoms with Crippen molar-refractivity contribution in [2.75, 3.05) is 0 Å². The van der Waals surface area contributed by atoms with E-state index >= 15 is 0 Å². The zero-order chi connectivity index (χ0) is 13.4. The normalized spacial score (nSPS) is 10.8. The van der Waals surface area contributed by atoms with Crippen LogP contribution in [0.4, 0.5) is 4.39 Å². The second-order valence-corrected chi connectivity index (χ2v) is 5.03. The number of hydrogen-bond donors (Lipinski definition) is 1. The monoisotopic (exact) mass is 317 g/mol. The number of ketones is 1. The van der Waals surface area contributed by atoms with E-state index < -0.39 is 5.82 Å². The quantitative estimate of drug-likeness (QED) is 0.702. The minimum absolute atomic E-state index is 0.205. The number of aromatic nitrogens is 1. The van der Waals surface area contributed by atoms with Gasteiger partial charge in [0.15, 0.2) is 5.78 Å². The van der Waals surface area contributed by atoms with Gasteiger partial charge in [-0.25, -0.2) is 4.39 Å². The molecule has 1 aromatic heterocycles. The van der Waals surface area contributed by atoms with Crippen LogP contribution in [0.15, 0.2) is 53.1 Å². The van der Waals surface area contributed by atoms with Gasteiger partial charge in [0.05, 0.1) is 5.56 Å². The van der Waals surface area contributed by atoms with Crippen molar-refractivity contribution in [2.45, 2.75) is 0 Å². The molecule has 3 aromatic rings. The fraction of sp³-hybridized carbons (Fsp3) is 0. The maximum Gasteiger partial charge on any atom is 0.196 e. The molecule has 0 aliphatic rings. The van der Waals surface area contributed by atoms with Crippen LogP contribution in [-0.2, 0) is 0 Å². The Morgan fingerprint density at radius 2 is 1.84 bits per heavy atom. The van der Waals surface area contributed by atoms with Gasteiger partial charge in [0.2, 0.25) is 0 Å². The van der Waals surface area contributed by atoms with E-state index in [1.54, 1.807) is 36.5 Å². The standard InChI is InChI=1S/C15H9BrFNO/c16-11-5-2-1-4-9(11)15(19)10-8-18-13-7-3-6-12(17)14(10)13/h1-8,18H. The first-order valence-corrected chi connectivity index (χ1v) is 6.52. The Morgan fingerprint density at radius 1 is 1.05 bits per heavy atom. The fourth-order valence-electron chi connectivity index (χ4n) is 2.11. The summed E-state index contributed by atoms with van der Waals surface area (Å²) in [4.78, 5) is 15.4. The number of aromatic amines is 1. The van der Waals surface area contributed by atoms with E-state index in [0.29, 0.717) is 26.5 Å². The number of nitrogens with one attached hydrogen (secondary N) is 1. The van der Waals surface area contributed by atoms with Gasteiger partial charge in [-0.2, -0.15) is 0 Å². The van der Waals surface area contributed by atoms with Crippen molar-refractivity contribution >= 4 is 32.6 Å². The molecule has 0 atom stereocenters. The van der Waals surface area contributed by atoms with E-state index in [9.17, 15) is 9.18 Å². The molecule has 1 N–H and O–H groups in total. The summed E-state index contributed by atoms with van der Waals surface area (Å²) in [7, 11) is 0. The van der Waals surface area contributed by atoms with Gasteiger partial charge in [-0.1, -0.05) is 34.1 Å². The molecule has 4 heteroatoms. The first kappa shape index (κ1) is 12.1. The summed E-state index contributed by atoms with van der Waals surface area (Å²) in [6, 6.07) is 11.8. The average molecular weight is 318 g/mol. The summed E-state index contributed by atoms with van der Waals surface area (Å²) in [5.41, 5.74) is 1.49. The van der Waals surface area contributed by atoms with Crippen LogP contribution in [0, 0.1) is 5.82 Å². The third kappa shape index (κ3) is 1.98. The molecule has 3 rings (SSSR count). The smallest absolute Gasteiger partial charge is 0.196 e. The lowest BCUT2D eigenvalue weighted by atomic mass is 10.0. The Labute approximate surface area is 117 Å². The highest BCUT2D eigenvalue weighted by atomic mass is 79.9. The van der Waals surface area contributed by atoms with Crippen LogP contribution in [0.3, 0.4) is 0 Å². The van der Waals surface area contributed by atoms with Gasteiger partial charge in [0.25, 0.3) is 0 Å². The maximum absolute atomic E-state index is 13.9. The Kier molecular flexibility index (Phi) is 2.95. The van der Waals surface area contributed by atoms with Gasteiger partial charge in [0.1, 0.15) is 5.82 Å². The number of halogens is 2. The number of rotatable bonds is 2. The Bertz CT molecular complexity index is 779. The van der Waals surface area contributed by atoms with Crippen LogP contribution in [0.25, 0.3) is 10.9 Å². The van der Waals surface area contributed by atoms with Gasteiger partial charge >= 0.3 is 0 Å². The molecule has 0 aliphatic heterocycles. The second-order valence-electron chi connectivity index (χ2n) is 4.17. The van der Waals surface area contributed by atoms with Crippen molar-refractivity contribution in [2.24, 2.45) is 0 Å². The third-order valence-corrected chi connectivity index (χ3v) is 3.71. The van der Waals surface area contributed by atoms with Crippen molar-refractivity contribution < 1.29 is 9.18 Å². The molecule has 0 radical (unpaired) electrons. The molecule has 0 aliphatic carbocycles. The minimum Gasteiger partial charge on any atom is -0.360 e. The lowest BCUT2D eigenvalue weighted by Gasteiger charge is -2.02. The first-order valence-electron chi connectivity index (χ1n) is 5.73. The molecule has 2 nitrogen and oxygen atoms in total. The lowest BCUT2D eigenvalue weighted by Crippen LogP contribution is -2.01. The molecule has 0 unspecified atom stereocenters. The molecule has 0 amide bonds. The molecular weight excluding hydrogens is 309 g/mol. The van der Waals surface area contributed by atoms with E-state index in [-0.39, 0.29) is 5.78 Å². The Balaban J connectivity index is 2.21. The zero-order valence-electron chi connectivity index (χ0n) is 9.78. The molecule has 0 spiro atoms. The van der Waals surface area contributed by atoms with Crippen LogP contribution in [0.2, 0.25) is 0 Å². The highest BCUT2D eigenvalue weighted by Gasteiger charge is 2.18. The van der Waals surface area contributed by atoms with Crippen molar-refractivity contribution in [3.8, 4) is 0 Å². The van der Waals surface area contributed by atoms with E-state index in [2.05, 4.69) is 20.9 Å². The van der Waals surface area contributed by atoms with Crippen molar-refractivity contribution in [1.29, 1.82) is 0 Å². The van der Waals surface area contributed by atoms with Crippen LogP contribution >= 0.6 is 15.9 Å². The number of benzene rings is 2. The molecule has 0 fully saturated rings. The first-order chi connectivity index (χ1) is 9.18. The van der Waals surface area contributed by atoms with E-state index in [0.717, 1.165) is 0 Å². The second kappa shape index (κ2) is 4.63. The summed E-state index contributed by atoms with van der Waals surface area (Å²) < 4.78 is 14.6. The molecule has 0 bridgehead atoms. The van der Waals surface area contributed by atoms with E-state index in [1.807, 2.05) is 6.07 Å². The van der Waals surface area contributed by atoms with Gasteiger partial charge in [-0.3, -0.25) is 4.79 Å². The van der Waals surface area contributed by atoms with Crippen LogP contribution in [-0.4, -0.2) is 10.8 Å². The molecule has 94 valence electrons. The molecule has 2 aromatic carbocycles. The number of carbonyl (C=O) groups excluding carboxylic acids is 1. The molecule has 19 heavy (non-hydrogen) atoms. The van der Waals surface area contributed by atoms with Gasteiger partial charge in [-0.05, 0) is 24.3 Å². The molecular formula is C15H9BrFNO. The summed E-state index contributed by atoms with van der Waals surface area (Å²) in [5, 5.41) is 0.336. The molecule has 0 saturated carbocycles. The predicted octanol–water partition coefficient (Wildman–Crippen LogP) is 4.30. The third-order valence-electron chi connectivity index (χ3n) is 3.02. The lowest BCUT2D eigenvalue weighted by molar-refractivity contribution is 0.103. The van der Waals surface area contributed by atoms with E-state index in [4.69, 9.17) is 0 Å². The maximum atomic E-state index is 13.9. The topological polar surface area (TPSA) is 32.9 Å². The van der Waals surface area contributed by atoms with Crippen LogP contribution < -0.4 is 0 Å². The van der Waals surface area contributed by atoms with Gasteiger partial charge in [-0.15, -0.1) is 0 Å². The SMILES string of the molecule is O=C(c1ccccc1Br)c1c[nH]c2cccc(F)c12. The van der Waals surface area contributed by atoms with E-state index in [1.165, 1.54) is 6.07 Å². The zero-order valence-corrected chi connectivity index (χ0v) is 11.4. The van der Waals surface area contributed by atoms with Gasteiger partial charge in [0, 0.05) is 27.1 Å². The van der Waals surface area contributed by atoms with Crippen molar-refractivity contribution in [3.63, 3.8) is 0 Å². The number of H-pyrrole nitrogens is 1. The van der Waals surface area contributed by atoms with Crippen LogP contribution in [0.5, 0.6) is 0 Å². The minimum atomic E-state index is -0.394. The molecule has 0 saturated heterocycles. The number of fused-ring (bicyclic) bond motifs is 1. The fourth-order valence-corrected chi connectivity index (χ4v) is 2.57. The largest absolute Gasteiger partial charge is 0.360 e. The summed E-state index contributed by atoms with van der Waals surface area (Å²) in [5.74, 6) is -0.599. The van der Waals surface area contributed by atoms with Crippen LogP contribution in [0.1, 0.15) is 15.9 Å². The highest BCUT2D eigenvalue weighted by Crippen LogP contribution is 2.26. The molecule has 1 heterocycles. The van der Waals surface area contributed by atoms with Crippen molar-refractivity contribution in [1.82, 2.24) is 4.98 Å². The average Bonchev–Trinajstić information content (AvgIpc) is 2.84. The highest BCUT2D eigenvalue weighted by molar-refractivity contribution is 9.10. The predicted molar refractivity (Wildman–Crippen MR) is 75.8 cm³/mol. The Hall–Kier alpha value is -1.94. The summed E-state index contributed by atoms with van der Waals surface area (Å²) in [6.45, 7) is 0.